The van der Waals surface area contributed by atoms with Crippen LogP contribution >= 0.6 is 22.9 Å². The third-order valence-corrected chi connectivity index (χ3v) is 6.03. The monoisotopic (exact) mass is 374 g/mol. The maximum atomic E-state index is 13.1. The van der Waals surface area contributed by atoms with Crippen molar-refractivity contribution in [1.29, 1.82) is 0 Å². The van der Waals surface area contributed by atoms with Crippen LogP contribution in [0.2, 0.25) is 5.02 Å². The van der Waals surface area contributed by atoms with E-state index < -0.39 is 6.10 Å². The fourth-order valence-corrected chi connectivity index (χ4v) is 4.73. The fourth-order valence-electron chi connectivity index (χ4n) is 3.37. The first kappa shape index (κ1) is 16.6. The number of rotatable bonds is 4. The number of halogens is 1. The van der Waals surface area contributed by atoms with Gasteiger partial charge < -0.3 is 4.74 Å². The molecule has 0 fully saturated rings. The molecule has 0 saturated carbocycles. The number of benzene rings is 1. The molecule has 1 aromatic heterocycles. The number of hydrogen-bond donors (Lipinski definition) is 0. The molecule has 2 aromatic rings. The summed E-state index contributed by atoms with van der Waals surface area (Å²) in [5.41, 5.74) is 2.12. The number of aromatic nitrogens is 1. The summed E-state index contributed by atoms with van der Waals surface area (Å²) in [6, 6.07) is 5.47. The van der Waals surface area contributed by atoms with E-state index in [1.807, 2.05) is 12.1 Å². The Morgan fingerprint density at radius 2 is 2.28 bits per heavy atom. The van der Waals surface area contributed by atoms with Gasteiger partial charge in [0.1, 0.15) is 5.75 Å². The molecule has 0 radical (unpaired) electrons. The number of amides is 1. The highest BCUT2D eigenvalue weighted by molar-refractivity contribution is 7.16. The molecule has 2 heterocycles. The predicted molar refractivity (Wildman–Crippen MR) is 101 cm³/mol. The summed E-state index contributed by atoms with van der Waals surface area (Å²) < 4.78 is 5.87. The number of hydrogen-bond acceptors (Lipinski definition) is 4. The van der Waals surface area contributed by atoms with Crippen molar-refractivity contribution in [2.75, 3.05) is 11.4 Å². The van der Waals surface area contributed by atoms with Crippen LogP contribution in [-0.2, 0) is 24.1 Å². The van der Waals surface area contributed by atoms with Gasteiger partial charge in [0.05, 0.1) is 5.69 Å². The molecule has 130 valence electrons. The van der Waals surface area contributed by atoms with Gasteiger partial charge in [-0.3, -0.25) is 9.69 Å². The number of thiazole rings is 1. The van der Waals surface area contributed by atoms with Crippen LogP contribution in [-0.4, -0.2) is 23.5 Å². The van der Waals surface area contributed by atoms with Gasteiger partial charge in [-0.25, -0.2) is 4.98 Å². The van der Waals surface area contributed by atoms with Crippen molar-refractivity contribution in [1.82, 2.24) is 4.98 Å². The minimum atomic E-state index is -0.533. The van der Waals surface area contributed by atoms with E-state index in [2.05, 4.69) is 6.58 Å². The Morgan fingerprint density at radius 3 is 3.08 bits per heavy atom. The van der Waals surface area contributed by atoms with E-state index in [-0.39, 0.29) is 5.91 Å². The molecule has 1 aliphatic heterocycles. The maximum absolute atomic E-state index is 13.1. The minimum absolute atomic E-state index is 0.0710. The number of anilines is 1. The standard InChI is InChI=1S/C19H19ClN2O2S/c1-2-9-22(19-21-14-5-3-4-6-17(14)25-19)18(23)16-11-12-10-13(20)7-8-15(12)24-16/h2,7-8,10,16H,1,3-6,9,11H2/t16-/m0/s1. The zero-order chi connectivity index (χ0) is 17.4. The van der Waals surface area contributed by atoms with Crippen LogP contribution in [0.5, 0.6) is 5.75 Å². The normalized spacial score (nSPS) is 18.2. The molecule has 25 heavy (non-hydrogen) atoms. The molecule has 6 heteroatoms. The third-order valence-electron chi connectivity index (χ3n) is 4.62. The molecule has 1 aromatic carbocycles. The summed E-state index contributed by atoms with van der Waals surface area (Å²) in [7, 11) is 0. The molecule has 0 bridgehead atoms. The number of carbonyl (C=O) groups excluding carboxylic acids is 1. The van der Waals surface area contributed by atoms with Crippen molar-refractivity contribution in [2.24, 2.45) is 0 Å². The maximum Gasteiger partial charge on any atom is 0.270 e. The Hall–Kier alpha value is -1.85. The van der Waals surface area contributed by atoms with E-state index in [9.17, 15) is 4.79 Å². The second-order valence-electron chi connectivity index (χ2n) is 6.37. The van der Waals surface area contributed by atoms with E-state index in [1.54, 1.807) is 28.4 Å². The highest BCUT2D eigenvalue weighted by Crippen LogP contribution is 2.35. The van der Waals surface area contributed by atoms with Crippen LogP contribution in [0.1, 0.15) is 29.0 Å². The summed E-state index contributed by atoms with van der Waals surface area (Å²) >= 11 is 7.67. The van der Waals surface area contributed by atoms with E-state index in [4.69, 9.17) is 21.3 Å². The highest BCUT2D eigenvalue weighted by atomic mass is 35.5. The average Bonchev–Trinajstić information content (AvgIpc) is 3.22. The molecular weight excluding hydrogens is 356 g/mol. The number of aryl methyl sites for hydroxylation is 2. The largest absolute Gasteiger partial charge is 0.480 e. The predicted octanol–water partition coefficient (Wildman–Crippen LogP) is 4.20. The lowest BCUT2D eigenvalue weighted by atomic mass is 10.0. The first-order valence-corrected chi connectivity index (χ1v) is 9.71. The molecule has 0 saturated heterocycles. The summed E-state index contributed by atoms with van der Waals surface area (Å²) in [4.78, 5) is 20.8. The van der Waals surface area contributed by atoms with Gasteiger partial charge in [0.2, 0.25) is 0 Å². The van der Waals surface area contributed by atoms with Gasteiger partial charge in [0.25, 0.3) is 5.91 Å². The number of nitrogens with zero attached hydrogens (tertiary/aromatic N) is 2. The Labute approximate surface area is 156 Å². The van der Waals surface area contributed by atoms with Crippen molar-refractivity contribution >= 4 is 34.0 Å². The fraction of sp³-hybridized carbons (Fsp3) is 0.368. The smallest absolute Gasteiger partial charge is 0.270 e. The van der Waals surface area contributed by atoms with Gasteiger partial charge in [-0.1, -0.05) is 17.7 Å². The van der Waals surface area contributed by atoms with Gasteiger partial charge in [0, 0.05) is 22.9 Å². The van der Waals surface area contributed by atoms with Crippen molar-refractivity contribution in [3.05, 3.63) is 52.0 Å². The van der Waals surface area contributed by atoms with Crippen LogP contribution in [0.3, 0.4) is 0 Å². The Kier molecular flexibility index (Phi) is 4.52. The van der Waals surface area contributed by atoms with Crippen molar-refractivity contribution in [3.8, 4) is 5.75 Å². The van der Waals surface area contributed by atoms with Crippen molar-refractivity contribution in [3.63, 3.8) is 0 Å². The Balaban J connectivity index is 1.58. The van der Waals surface area contributed by atoms with Gasteiger partial charge >= 0.3 is 0 Å². The SMILES string of the molecule is C=CCN(C(=O)[C@@H]1Cc2cc(Cl)ccc2O1)c1nc2c(s1)CCCC2. The van der Waals surface area contributed by atoms with Crippen LogP contribution < -0.4 is 9.64 Å². The second kappa shape index (κ2) is 6.81. The van der Waals surface area contributed by atoms with E-state index >= 15 is 0 Å². The Bertz CT molecular complexity index is 809. The van der Waals surface area contributed by atoms with Crippen LogP contribution in [0.25, 0.3) is 0 Å². The first-order valence-electron chi connectivity index (χ1n) is 8.51. The highest BCUT2D eigenvalue weighted by Gasteiger charge is 2.34. The van der Waals surface area contributed by atoms with Gasteiger partial charge in [-0.05, 0) is 49.4 Å². The molecule has 4 rings (SSSR count). The van der Waals surface area contributed by atoms with E-state index in [0.29, 0.717) is 18.0 Å². The topological polar surface area (TPSA) is 42.4 Å². The zero-order valence-electron chi connectivity index (χ0n) is 13.8. The van der Waals surface area contributed by atoms with E-state index in [0.717, 1.165) is 35.0 Å². The van der Waals surface area contributed by atoms with E-state index in [1.165, 1.54) is 17.7 Å². The molecule has 1 atom stereocenters. The molecule has 0 spiro atoms. The summed E-state index contributed by atoms with van der Waals surface area (Å²) in [6.45, 7) is 4.23. The van der Waals surface area contributed by atoms with Crippen LogP contribution in [0.15, 0.2) is 30.9 Å². The summed E-state index contributed by atoms with van der Waals surface area (Å²) in [5, 5.41) is 1.42. The average molecular weight is 375 g/mol. The molecule has 4 nitrogen and oxygen atoms in total. The van der Waals surface area contributed by atoms with Gasteiger partial charge in [0.15, 0.2) is 11.2 Å². The zero-order valence-corrected chi connectivity index (χ0v) is 15.4. The van der Waals surface area contributed by atoms with Crippen molar-refractivity contribution < 1.29 is 9.53 Å². The lowest BCUT2D eigenvalue weighted by molar-refractivity contribution is -0.124. The van der Waals surface area contributed by atoms with Crippen molar-refractivity contribution in [2.45, 2.75) is 38.2 Å². The summed E-state index contributed by atoms with van der Waals surface area (Å²) in [5.74, 6) is 0.665. The van der Waals surface area contributed by atoms with Crippen LogP contribution in [0, 0.1) is 0 Å². The number of fused-ring (bicyclic) bond motifs is 2. The lowest BCUT2D eigenvalue weighted by Gasteiger charge is -2.21. The summed E-state index contributed by atoms with van der Waals surface area (Å²) in [6.07, 6.45) is 6.18. The molecule has 1 aliphatic carbocycles. The molecule has 2 aliphatic rings. The van der Waals surface area contributed by atoms with Gasteiger partial charge in [-0.2, -0.15) is 0 Å². The Morgan fingerprint density at radius 1 is 1.44 bits per heavy atom. The third kappa shape index (κ3) is 3.18. The molecular formula is C19H19ClN2O2S. The molecule has 1 amide bonds. The lowest BCUT2D eigenvalue weighted by Crippen LogP contribution is -2.41. The second-order valence-corrected chi connectivity index (χ2v) is 7.87. The first-order chi connectivity index (χ1) is 12.2. The molecule has 0 unspecified atom stereocenters. The van der Waals surface area contributed by atoms with Crippen LogP contribution in [0.4, 0.5) is 5.13 Å². The minimum Gasteiger partial charge on any atom is -0.480 e. The number of carbonyl (C=O) groups is 1. The quantitative estimate of drug-likeness (QED) is 0.753. The number of ether oxygens (including phenoxy) is 1. The molecule has 0 N–H and O–H groups in total. The van der Waals surface area contributed by atoms with Gasteiger partial charge in [-0.15, -0.1) is 17.9 Å².